The minimum atomic E-state index is -0.983. The molecule has 25 heavy (non-hydrogen) atoms. The van der Waals surface area contributed by atoms with Gasteiger partial charge in [-0.25, -0.2) is 0 Å². The summed E-state index contributed by atoms with van der Waals surface area (Å²) < 4.78 is 6.93. The maximum Gasteiger partial charge on any atom is 0.267 e. The minimum absolute atomic E-state index is 0.0878. The van der Waals surface area contributed by atoms with Crippen LogP contribution in [-0.4, -0.2) is 11.5 Å². The van der Waals surface area contributed by atoms with Crippen LogP contribution in [0.25, 0.3) is 0 Å². The molecule has 0 saturated carbocycles. The number of amides is 1. The maximum atomic E-state index is 12.7. The van der Waals surface area contributed by atoms with Crippen molar-refractivity contribution in [2.45, 2.75) is 52.6 Å². The second-order valence-electron chi connectivity index (χ2n) is 7.80. The Bertz CT molecular complexity index is 758. The Morgan fingerprint density at radius 3 is 2.12 bits per heavy atom. The van der Waals surface area contributed by atoms with Crippen LogP contribution < -0.4 is 10.1 Å². The van der Waals surface area contributed by atoms with Crippen molar-refractivity contribution in [3.8, 4) is 5.75 Å². The van der Waals surface area contributed by atoms with Gasteiger partial charge in [0, 0.05) is 10.2 Å². The number of rotatable bonds is 4. The lowest BCUT2D eigenvalue weighted by atomic mass is 9.87. The van der Waals surface area contributed by atoms with E-state index >= 15 is 0 Å². The van der Waals surface area contributed by atoms with E-state index in [1.165, 1.54) is 5.56 Å². The molecule has 0 saturated heterocycles. The molecule has 0 aliphatic heterocycles. The van der Waals surface area contributed by atoms with E-state index in [4.69, 9.17) is 4.74 Å². The normalized spacial score (nSPS) is 12.0. The standard InChI is InChI=1S/C21H26BrNO2/c1-14-13-16(22)9-12-18(14)23-19(24)21(5,6)25-17-10-7-15(8-11-17)20(2,3)4/h7-13H,1-6H3,(H,23,24). The van der Waals surface area contributed by atoms with Gasteiger partial charge in [0.1, 0.15) is 5.75 Å². The number of anilines is 1. The molecule has 134 valence electrons. The molecule has 1 amide bonds. The van der Waals surface area contributed by atoms with E-state index in [0.717, 1.165) is 15.7 Å². The van der Waals surface area contributed by atoms with Crippen LogP contribution >= 0.6 is 15.9 Å². The molecular weight excluding hydrogens is 378 g/mol. The number of halogens is 1. The molecule has 0 aliphatic carbocycles. The number of carbonyl (C=O) groups excluding carboxylic acids is 1. The van der Waals surface area contributed by atoms with Gasteiger partial charge >= 0.3 is 0 Å². The number of benzene rings is 2. The minimum Gasteiger partial charge on any atom is -0.478 e. The van der Waals surface area contributed by atoms with Crippen molar-refractivity contribution in [3.05, 3.63) is 58.1 Å². The molecule has 4 heteroatoms. The summed E-state index contributed by atoms with van der Waals surface area (Å²) in [4.78, 5) is 12.7. The zero-order chi connectivity index (χ0) is 18.8. The van der Waals surface area contributed by atoms with Crippen LogP contribution in [0, 0.1) is 6.92 Å². The fraction of sp³-hybridized carbons (Fsp3) is 0.381. The fourth-order valence-electron chi connectivity index (χ4n) is 2.40. The number of aryl methyl sites for hydroxylation is 1. The predicted molar refractivity (Wildman–Crippen MR) is 107 cm³/mol. The summed E-state index contributed by atoms with van der Waals surface area (Å²) in [7, 11) is 0. The van der Waals surface area contributed by atoms with Crippen LogP contribution in [0.3, 0.4) is 0 Å². The van der Waals surface area contributed by atoms with Gasteiger partial charge in [-0.15, -0.1) is 0 Å². The number of hydrogen-bond acceptors (Lipinski definition) is 2. The highest BCUT2D eigenvalue weighted by Crippen LogP contribution is 2.27. The molecule has 0 radical (unpaired) electrons. The SMILES string of the molecule is Cc1cc(Br)ccc1NC(=O)C(C)(C)Oc1ccc(C(C)(C)C)cc1. The number of ether oxygens (including phenoxy) is 1. The summed E-state index contributed by atoms with van der Waals surface area (Å²) >= 11 is 3.43. The summed E-state index contributed by atoms with van der Waals surface area (Å²) in [6, 6.07) is 13.7. The predicted octanol–water partition coefficient (Wildman–Crippen LogP) is 5.85. The molecule has 0 spiro atoms. The summed E-state index contributed by atoms with van der Waals surface area (Å²) in [6.07, 6.45) is 0. The fourth-order valence-corrected chi connectivity index (χ4v) is 2.88. The van der Waals surface area contributed by atoms with Crippen molar-refractivity contribution < 1.29 is 9.53 Å². The van der Waals surface area contributed by atoms with Crippen LogP contribution in [0.1, 0.15) is 45.7 Å². The van der Waals surface area contributed by atoms with E-state index in [-0.39, 0.29) is 11.3 Å². The van der Waals surface area contributed by atoms with Gasteiger partial charge in [0.25, 0.3) is 5.91 Å². The van der Waals surface area contributed by atoms with E-state index < -0.39 is 5.60 Å². The highest BCUT2D eigenvalue weighted by molar-refractivity contribution is 9.10. The summed E-state index contributed by atoms with van der Waals surface area (Å²) in [5, 5.41) is 2.95. The highest BCUT2D eigenvalue weighted by Gasteiger charge is 2.30. The van der Waals surface area contributed by atoms with E-state index in [1.54, 1.807) is 13.8 Å². The molecule has 3 nitrogen and oxygen atoms in total. The Kier molecular flexibility index (Phi) is 5.62. The van der Waals surface area contributed by atoms with Gasteiger partial charge in [-0.2, -0.15) is 0 Å². The lowest BCUT2D eigenvalue weighted by molar-refractivity contribution is -0.128. The first kappa shape index (κ1) is 19.5. The van der Waals surface area contributed by atoms with Crippen LogP contribution in [0.2, 0.25) is 0 Å². The lowest BCUT2D eigenvalue weighted by Gasteiger charge is -2.26. The van der Waals surface area contributed by atoms with Crippen molar-refractivity contribution in [3.63, 3.8) is 0 Å². The van der Waals surface area contributed by atoms with Crippen molar-refractivity contribution >= 4 is 27.5 Å². The third-order valence-corrected chi connectivity index (χ3v) is 4.57. The Labute approximate surface area is 158 Å². The van der Waals surface area contributed by atoms with Gasteiger partial charge in [-0.05, 0) is 67.6 Å². The molecule has 0 bridgehead atoms. The van der Waals surface area contributed by atoms with Crippen molar-refractivity contribution in [2.24, 2.45) is 0 Å². The van der Waals surface area contributed by atoms with E-state index in [0.29, 0.717) is 5.75 Å². The molecule has 0 aliphatic rings. The molecule has 0 aromatic heterocycles. The van der Waals surface area contributed by atoms with E-state index in [9.17, 15) is 4.79 Å². The second kappa shape index (κ2) is 7.20. The third kappa shape index (κ3) is 5.08. The molecule has 0 atom stereocenters. The third-order valence-electron chi connectivity index (χ3n) is 4.08. The maximum absolute atomic E-state index is 12.7. The monoisotopic (exact) mass is 403 g/mol. The largest absolute Gasteiger partial charge is 0.478 e. The average Bonchev–Trinajstić information content (AvgIpc) is 2.49. The van der Waals surface area contributed by atoms with Crippen LogP contribution in [0.4, 0.5) is 5.69 Å². The smallest absolute Gasteiger partial charge is 0.267 e. The average molecular weight is 404 g/mol. The number of carbonyl (C=O) groups is 1. The van der Waals surface area contributed by atoms with Gasteiger partial charge in [0.05, 0.1) is 0 Å². The first-order valence-corrected chi connectivity index (χ1v) is 9.15. The highest BCUT2D eigenvalue weighted by atomic mass is 79.9. The van der Waals surface area contributed by atoms with Crippen molar-refractivity contribution in [1.82, 2.24) is 0 Å². The van der Waals surface area contributed by atoms with E-state index in [2.05, 4.69) is 42.0 Å². The lowest BCUT2D eigenvalue weighted by Crippen LogP contribution is -2.42. The van der Waals surface area contributed by atoms with Gasteiger partial charge in [0.2, 0.25) is 0 Å². The van der Waals surface area contributed by atoms with Crippen molar-refractivity contribution in [2.75, 3.05) is 5.32 Å². The van der Waals surface area contributed by atoms with Gasteiger partial charge in [-0.1, -0.05) is 48.8 Å². The van der Waals surface area contributed by atoms with Gasteiger partial charge < -0.3 is 10.1 Å². The topological polar surface area (TPSA) is 38.3 Å². The second-order valence-corrected chi connectivity index (χ2v) is 8.72. The van der Waals surface area contributed by atoms with Gasteiger partial charge in [-0.3, -0.25) is 4.79 Å². The quantitative estimate of drug-likeness (QED) is 0.694. The molecule has 2 rings (SSSR count). The van der Waals surface area contributed by atoms with Crippen LogP contribution in [0.5, 0.6) is 5.75 Å². The number of hydrogen-bond donors (Lipinski definition) is 1. The molecule has 0 fully saturated rings. The Hall–Kier alpha value is -1.81. The van der Waals surface area contributed by atoms with Gasteiger partial charge in [0.15, 0.2) is 5.60 Å². The molecule has 2 aromatic rings. The first-order chi connectivity index (χ1) is 11.5. The molecule has 2 aromatic carbocycles. The summed E-state index contributed by atoms with van der Waals surface area (Å²) in [5.74, 6) is 0.499. The number of nitrogens with one attached hydrogen (secondary N) is 1. The zero-order valence-electron chi connectivity index (χ0n) is 15.7. The first-order valence-electron chi connectivity index (χ1n) is 8.36. The Morgan fingerprint density at radius 2 is 1.60 bits per heavy atom. The summed E-state index contributed by atoms with van der Waals surface area (Å²) in [6.45, 7) is 12.0. The molecule has 0 unspecified atom stereocenters. The Balaban J connectivity index is 2.11. The van der Waals surface area contributed by atoms with Crippen LogP contribution in [0.15, 0.2) is 46.9 Å². The summed E-state index contributed by atoms with van der Waals surface area (Å²) in [5.41, 5.74) is 2.11. The van der Waals surface area contributed by atoms with Crippen molar-refractivity contribution in [1.29, 1.82) is 0 Å². The zero-order valence-corrected chi connectivity index (χ0v) is 17.3. The molecule has 0 heterocycles. The van der Waals surface area contributed by atoms with E-state index in [1.807, 2.05) is 49.4 Å². The molecule has 1 N–H and O–H groups in total. The molecular formula is C21H26BrNO2. The van der Waals surface area contributed by atoms with Crippen LogP contribution in [-0.2, 0) is 10.2 Å². The Morgan fingerprint density at radius 1 is 1.00 bits per heavy atom.